The van der Waals surface area contributed by atoms with Crippen molar-refractivity contribution in [3.05, 3.63) is 66.4 Å². The number of benzene rings is 2. The largest absolute Gasteiger partial charge is 0.379 e. The number of para-hydroxylation sites is 2. The molecule has 3 aromatic rings. The lowest BCUT2D eigenvalue weighted by molar-refractivity contribution is -0.114. The Labute approximate surface area is 170 Å². The van der Waals surface area contributed by atoms with Crippen LogP contribution in [0.1, 0.15) is 12.1 Å². The molecule has 0 atom stereocenters. The summed E-state index contributed by atoms with van der Waals surface area (Å²) in [6.45, 7) is 5.15. The molecule has 0 saturated carbocycles. The van der Waals surface area contributed by atoms with Crippen molar-refractivity contribution in [1.29, 1.82) is 0 Å². The fourth-order valence-electron chi connectivity index (χ4n) is 3.60. The van der Waals surface area contributed by atoms with Gasteiger partial charge in [0, 0.05) is 43.3 Å². The summed E-state index contributed by atoms with van der Waals surface area (Å²) >= 11 is 0. The van der Waals surface area contributed by atoms with Gasteiger partial charge in [0.05, 0.1) is 24.4 Å². The highest BCUT2D eigenvalue weighted by molar-refractivity contribution is 6.04. The van der Waals surface area contributed by atoms with E-state index in [1.165, 1.54) is 0 Å². The molecule has 0 aliphatic carbocycles. The van der Waals surface area contributed by atoms with Gasteiger partial charge in [0.2, 0.25) is 0 Å². The Bertz CT molecular complexity index is 961. The number of morpholine rings is 1. The molecular formula is C23H26N4O2. The molecule has 0 spiro atoms. The summed E-state index contributed by atoms with van der Waals surface area (Å²) in [7, 11) is 0. The zero-order valence-electron chi connectivity index (χ0n) is 16.5. The van der Waals surface area contributed by atoms with Gasteiger partial charge in [-0.05, 0) is 30.7 Å². The van der Waals surface area contributed by atoms with Crippen molar-refractivity contribution < 1.29 is 9.53 Å². The van der Waals surface area contributed by atoms with Gasteiger partial charge in [0.1, 0.15) is 0 Å². The fourth-order valence-corrected chi connectivity index (χ4v) is 3.60. The number of amides is 1. The van der Waals surface area contributed by atoms with Gasteiger partial charge in [-0.3, -0.25) is 14.8 Å². The molecule has 1 N–H and O–H groups in total. The minimum absolute atomic E-state index is 0.0368. The molecule has 4 rings (SSSR count). The predicted molar refractivity (Wildman–Crippen MR) is 116 cm³/mol. The van der Waals surface area contributed by atoms with Crippen LogP contribution >= 0.6 is 0 Å². The molecule has 0 bridgehead atoms. The lowest BCUT2D eigenvalue weighted by atomic mass is 10.2. The Balaban J connectivity index is 1.45. The number of rotatable bonds is 7. The Morgan fingerprint density at radius 2 is 1.86 bits per heavy atom. The smallest absolute Gasteiger partial charge is 0.251 e. The van der Waals surface area contributed by atoms with Crippen LogP contribution in [0.4, 0.5) is 5.69 Å². The normalized spacial score (nSPS) is 15.2. The van der Waals surface area contributed by atoms with Crippen LogP contribution in [-0.4, -0.2) is 60.4 Å². The maximum absolute atomic E-state index is 13.0. The zero-order valence-corrected chi connectivity index (χ0v) is 16.5. The fraction of sp³-hybridized carbons (Fsp3) is 0.304. The molecule has 2 aromatic carbocycles. The Hall–Kier alpha value is -2.96. The van der Waals surface area contributed by atoms with E-state index in [4.69, 9.17) is 4.74 Å². The van der Waals surface area contributed by atoms with E-state index < -0.39 is 0 Å². The highest BCUT2D eigenvalue weighted by atomic mass is 16.5. The van der Waals surface area contributed by atoms with E-state index in [0.717, 1.165) is 61.6 Å². The van der Waals surface area contributed by atoms with Gasteiger partial charge in [-0.25, -0.2) is 0 Å². The predicted octanol–water partition coefficient (Wildman–Crippen LogP) is 3.33. The number of nitrogens with zero attached hydrogens (tertiary/aromatic N) is 3. The molecule has 6 nitrogen and oxygen atoms in total. The minimum Gasteiger partial charge on any atom is -0.379 e. The van der Waals surface area contributed by atoms with Crippen molar-refractivity contribution in [1.82, 2.24) is 15.1 Å². The maximum atomic E-state index is 13.0. The maximum Gasteiger partial charge on any atom is 0.251 e. The van der Waals surface area contributed by atoms with Crippen LogP contribution < -0.4 is 4.90 Å². The van der Waals surface area contributed by atoms with Crippen LogP contribution in [0.25, 0.3) is 17.0 Å². The van der Waals surface area contributed by atoms with Crippen LogP contribution in [0.5, 0.6) is 0 Å². The number of hydrogen-bond donors (Lipinski definition) is 1. The summed E-state index contributed by atoms with van der Waals surface area (Å²) in [6.07, 6.45) is 4.32. The molecule has 29 heavy (non-hydrogen) atoms. The number of carbonyl (C=O) groups excluding carboxylic acids is 1. The lowest BCUT2D eigenvalue weighted by Crippen LogP contribution is -2.39. The van der Waals surface area contributed by atoms with Crippen LogP contribution in [-0.2, 0) is 9.53 Å². The molecule has 1 aliphatic heterocycles. The number of aromatic amines is 1. The zero-order chi connectivity index (χ0) is 19.9. The SMILES string of the molecule is O=C(C=Cc1n[nH]c2ccccc12)N(CCCN1CCOCC1)c1ccccc1. The number of ether oxygens (including phenoxy) is 1. The van der Waals surface area contributed by atoms with Crippen molar-refractivity contribution in [3.63, 3.8) is 0 Å². The van der Waals surface area contributed by atoms with Crippen LogP contribution in [0, 0.1) is 0 Å². The molecule has 150 valence electrons. The van der Waals surface area contributed by atoms with Crippen molar-refractivity contribution in [2.75, 3.05) is 44.3 Å². The van der Waals surface area contributed by atoms with E-state index in [9.17, 15) is 4.79 Å². The highest BCUT2D eigenvalue weighted by Gasteiger charge is 2.15. The average Bonchev–Trinajstić information content (AvgIpc) is 3.19. The first-order valence-corrected chi connectivity index (χ1v) is 10.1. The van der Waals surface area contributed by atoms with Crippen LogP contribution in [0.15, 0.2) is 60.7 Å². The number of H-pyrrole nitrogens is 1. The second-order valence-electron chi connectivity index (χ2n) is 7.12. The van der Waals surface area contributed by atoms with Gasteiger partial charge >= 0.3 is 0 Å². The summed E-state index contributed by atoms with van der Waals surface area (Å²) < 4.78 is 5.41. The van der Waals surface area contributed by atoms with Crippen molar-refractivity contribution in [3.8, 4) is 0 Å². The average molecular weight is 390 g/mol. The Morgan fingerprint density at radius 3 is 2.69 bits per heavy atom. The quantitative estimate of drug-likeness (QED) is 0.629. The standard InChI is InChI=1S/C23H26N4O2/c28-23(12-11-22-20-9-4-5-10-21(20)24-25-22)27(19-7-2-1-3-8-19)14-6-13-26-15-17-29-18-16-26/h1-5,7-12H,6,13-18H2,(H,24,25). The first-order valence-electron chi connectivity index (χ1n) is 10.1. The third kappa shape index (κ3) is 4.91. The number of carbonyl (C=O) groups is 1. The molecular weight excluding hydrogens is 364 g/mol. The molecule has 1 saturated heterocycles. The minimum atomic E-state index is -0.0368. The van der Waals surface area contributed by atoms with Gasteiger partial charge in [-0.1, -0.05) is 36.4 Å². The second-order valence-corrected chi connectivity index (χ2v) is 7.12. The second kappa shape index (κ2) is 9.49. The third-order valence-corrected chi connectivity index (χ3v) is 5.18. The van der Waals surface area contributed by atoms with Crippen molar-refractivity contribution >= 4 is 28.6 Å². The molecule has 1 aliphatic rings. The summed E-state index contributed by atoms with van der Waals surface area (Å²) in [5.74, 6) is -0.0368. The Kier molecular flexibility index (Phi) is 6.34. The first kappa shape index (κ1) is 19.4. The van der Waals surface area contributed by atoms with Gasteiger partial charge in [-0.2, -0.15) is 5.10 Å². The monoisotopic (exact) mass is 390 g/mol. The molecule has 1 amide bonds. The number of aromatic nitrogens is 2. The highest BCUT2D eigenvalue weighted by Crippen LogP contribution is 2.18. The van der Waals surface area contributed by atoms with Gasteiger partial charge in [0.15, 0.2) is 0 Å². The summed E-state index contributed by atoms with van der Waals surface area (Å²) in [6, 6.07) is 17.7. The molecule has 0 radical (unpaired) electrons. The molecule has 1 aromatic heterocycles. The third-order valence-electron chi connectivity index (χ3n) is 5.18. The summed E-state index contributed by atoms with van der Waals surface area (Å²) in [5.41, 5.74) is 2.65. The summed E-state index contributed by atoms with van der Waals surface area (Å²) in [4.78, 5) is 17.3. The first-order chi connectivity index (χ1) is 14.3. The summed E-state index contributed by atoms with van der Waals surface area (Å²) in [5, 5.41) is 8.33. The van der Waals surface area contributed by atoms with Gasteiger partial charge in [0.25, 0.3) is 5.91 Å². The van der Waals surface area contributed by atoms with E-state index in [1.54, 1.807) is 12.2 Å². The van der Waals surface area contributed by atoms with E-state index in [0.29, 0.717) is 6.54 Å². The van der Waals surface area contributed by atoms with Crippen LogP contribution in [0.3, 0.4) is 0 Å². The van der Waals surface area contributed by atoms with Gasteiger partial charge in [-0.15, -0.1) is 0 Å². The lowest BCUT2D eigenvalue weighted by Gasteiger charge is -2.28. The molecule has 1 fully saturated rings. The van der Waals surface area contributed by atoms with E-state index >= 15 is 0 Å². The van der Waals surface area contributed by atoms with Crippen LogP contribution in [0.2, 0.25) is 0 Å². The Morgan fingerprint density at radius 1 is 1.10 bits per heavy atom. The van der Waals surface area contributed by atoms with E-state index in [2.05, 4.69) is 15.1 Å². The number of hydrogen-bond acceptors (Lipinski definition) is 4. The van der Waals surface area contributed by atoms with Gasteiger partial charge < -0.3 is 9.64 Å². The molecule has 6 heteroatoms. The number of fused-ring (bicyclic) bond motifs is 1. The number of anilines is 1. The molecule has 0 unspecified atom stereocenters. The van der Waals surface area contributed by atoms with E-state index in [1.807, 2.05) is 59.5 Å². The van der Waals surface area contributed by atoms with Crippen molar-refractivity contribution in [2.24, 2.45) is 0 Å². The van der Waals surface area contributed by atoms with Crippen molar-refractivity contribution in [2.45, 2.75) is 6.42 Å². The van der Waals surface area contributed by atoms with E-state index in [-0.39, 0.29) is 5.91 Å². The number of nitrogens with one attached hydrogen (secondary N) is 1. The topological polar surface area (TPSA) is 61.5 Å². The molecule has 2 heterocycles.